The lowest BCUT2D eigenvalue weighted by atomic mass is 10.1. The molecule has 0 aromatic heterocycles. The Balaban J connectivity index is 1.63. The Labute approximate surface area is 171 Å². The number of hydrogen-bond acceptors (Lipinski definition) is 3. The molecule has 0 bridgehead atoms. The van der Waals surface area contributed by atoms with Crippen molar-refractivity contribution in [2.24, 2.45) is 0 Å². The van der Waals surface area contributed by atoms with Gasteiger partial charge in [-0.1, -0.05) is 41.9 Å². The molecule has 29 heavy (non-hydrogen) atoms. The van der Waals surface area contributed by atoms with E-state index in [1.54, 1.807) is 60.7 Å². The van der Waals surface area contributed by atoms with Gasteiger partial charge in [-0.15, -0.1) is 0 Å². The number of carbonyl (C=O) groups excluding carboxylic acids is 2. The Morgan fingerprint density at radius 1 is 1.10 bits per heavy atom. The number of ether oxygens (including phenoxy) is 1. The maximum atomic E-state index is 14.1. The van der Waals surface area contributed by atoms with Crippen LogP contribution in [0, 0.1) is 5.82 Å². The number of rotatable bonds is 4. The highest BCUT2D eigenvalue weighted by Crippen LogP contribution is 2.36. The molecule has 1 aliphatic rings. The minimum absolute atomic E-state index is 0.0593. The largest absolute Gasteiger partial charge is 0.482 e. The van der Waals surface area contributed by atoms with E-state index in [2.05, 4.69) is 5.32 Å². The van der Waals surface area contributed by atoms with Crippen LogP contribution < -0.4 is 15.0 Å². The van der Waals surface area contributed by atoms with Crippen LogP contribution in [0.1, 0.15) is 15.9 Å². The third kappa shape index (κ3) is 3.93. The van der Waals surface area contributed by atoms with Crippen LogP contribution in [0.3, 0.4) is 0 Å². The zero-order valence-corrected chi connectivity index (χ0v) is 15.9. The molecule has 1 heterocycles. The first kappa shape index (κ1) is 19.0. The van der Waals surface area contributed by atoms with E-state index in [9.17, 15) is 14.0 Å². The maximum Gasteiger partial charge on any atom is 0.265 e. The molecule has 0 aliphatic carbocycles. The number of anilines is 2. The van der Waals surface area contributed by atoms with Crippen molar-refractivity contribution in [2.75, 3.05) is 16.8 Å². The summed E-state index contributed by atoms with van der Waals surface area (Å²) in [5, 5.41) is 3.10. The first-order chi connectivity index (χ1) is 14.0. The van der Waals surface area contributed by atoms with E-state index in [1.807, 2.05) is 0 Å². The van der Waals surface area contributed by atoms with Crippen molar-refractivity contribution < 1.29 is 18.7 Å². The predicted molar refractivity (Wildman–Crippen MR) is 109 cm³/mol. The van der Waals surface area contributed by atoms with Crippen molar-refractivity contribution >= 4 is 34.8 Å². The zero-order valence-electron chi connectivity index (χ0n) is 15.2. The summed E-state index contributed by atoms with van der Waals surface area (Å²) in [5.41, 5.74) is 1.65. The second-order valence-electron chi connectivity index (χ2n) is 6.48. The third-order valence-corrected chi connectivity index (χ3v) is 4.89. The highest BCUT2D eigenvalue weighted by Gasteiger charge is 2.27. The van der Waals surface area contributed by atoms with Crippen molar-refractivity contribution in [3.05, 3.63) is 88.7 Å². The zero-order chi connectivity index (χ0) is 20.4. The molecule has 4 rings (SSSR count). The monoisotopic (exact) mass is 410 g/mol. The van der Waals surface area contributed by atoms with Crippen molar-refractivity contribution in [3.63, 3.8) is 0 Å². The summed E-state index contributed by atoms with van der Waals surface area (Å²) in [6, 6.07) is 17.9. The molecule has 146 valence electrons. The third-order valence-electron chi connectivity index (χ3n) is 4.56. The molecule has 0 atom stereocenters. The lowest BCUT2D eigenvalue weighted by Gasteiger charge is -2.30. The summed E-state index contributed by atoms with van der Waals surface area (Å²) in [7, 11) is 0. The highest BCUT2D eigenvalue weighted by atomic mass is 35.5. The molecule has 0 saturated heterocycles. The fourth-order valence-electron chi connectivity index (χ4n) is 3.09. The van der Waals surface area contributed by atoms with Gasteiger partial charge in [-0.2, -0.15) is 0 Å². The molecule has 2 amide bonds. The summed E-state index contributed by atoms with van der Waals surface area (Å²) in [6.07, 6.45) is 0. The minimum atomic E-state index is -0.392. The van der Waals surface area contributed by atoms with Crippen LogP contribution in [0.4, 0.5) is 15.8 Å². The molecule has 1 N–H and O–H groups in total. The van der Waals surface area contributed by atoms with Crippen molar-refractivity contribution in [2.45, 2.75) is 6.54 Å². The molecule has 3 aromatic rings. The summed E-state index contributed by atoms with van der Waals surface area (Å²) < 4.78 is 19.6. The standard InChI is InChI=1S/C22H16ClFN2O3/c23-17-7-3-2-6-16(17)22(28)25-15-9-10-20-19(11-15)26(21(27)13-29-20)12-14-5-1-4-8-18(14)24/h1-11H,12-13H2,(H,25,28). The van der Waals surface area contributed by atoms with Gasteiger partial charge < -0.3 is 15.0 Å². The van der Waals surface area contributed by atoms with E-state index in [4.69, 9.17) is 16.3 Å². The molecule has 0 radical (unpaired) electrons. The first-order valence-electron chi connectivity index (χ1n) is 8.89. The van der Waals surface area contributed by atoms with Gasteiger partial charge in [0.15, 0.2) is 6.61 Å². The molecule has 3 aromatic carbocycles. The second kappa shape index (κ2) is 7.93. The van der Waals surface area contributed by atoms with Gasteiger partial charge >= 0.3 is 0 Å². The number of halogens is 2. The van der Waals surface area contributed by atoms with E-state index in [0.29, 0.717) is 33.3 Å². The quantitative estimate of drug-likeness (QED) is 0.680. The van der Waals surface area contributed by atoms with Gasteiger partial charge in [0.2, 0.25) is 0 Å². The number of fused-ring (bicyclic) bond motifs is 1. The summed E-state index contributed by atoms with van der Waals surface area (Å²) in [5.74, 6) is -0.581. The molecule has 7 heteroatoms. The summed E-state index contributed by atoms with van der Waals surface area (Å²) >= 11 is 6.08. The Morgan fingerprint density at radius 3 is 2.66 bits per heavy atom. The molecule has 0 fully saturated rings. The van der Waals surface area contributed by atoms with Crippen LogP contribution in [-0.2, 0) is 11.3 Å². The van der Waals surface area contributed by atoms with Gasteiger partial charge in [-0.25, -0.2) is 4.39 Å². The van der Waals surface area contributed by atoms with E-state index < -0.39 is 5.82 Å². The summed E-state index contributed by atoms with van der Waals surface area (Å²) in [4.78, 5) is 26.4. The molecule has 0 spiro atoms. The van der Waals surface area contributed by atoms with E-state index >= 15 is 0 Å². The molecular weight excluding hydrogens is 395 g/mol. The molecule has 0 saturated carbocycles. The van der Waals surface area contributed by atoms with Gasteiger partial charge in [0.25, 0.3) is 11.8 Å². The molecular formula is C22H16ClFN2O3. The van der Waals surface area contributed by atoms with Crippen LogP contribution >= 0.6 is 11.6 Å². The van der Waals surface area contributed by atoms with Gasteiger partial charge in [0, 0.05) is 11.3 Å². The molecule has 0 unspecified atom stereocenters. The van der Waals surface area contributed by atoms with Gasteiger partial charge in [0.1, 0.15) is 11.6 Å². The Kier molecular flexibility index (Phi) is 5.18. The van der Waals surface area contributed by atoms with Gasteiger partial charge in [0.05, 0.1) is 22.8 Å². The topological polar surface area (TPSA) is 58.6 Å². The Morgan fingerprint density at radius 2 is 1.86 bits per heavy atom. The number of benzene rings is 3. The van der Waals surface area contributed by atoms with E-state index in [1.165, 1.54) is 11.0 Å². The normalized spacial score (nSPS) is 12.9. The number of nitrogens with zero attached hydrogens (tertiary/aromatic N) is 1. The number of hydrogen-bond donors (Lipinski definition) is 1. The van der Waals surface area contributed by atoms with E-state index in [0.717, 1.165) is 0 Å². The fourth-order valence-corrected chi connectivity index (χ4v) is 3.32. The lowest BCUT2D eigenvalue weighted by molar-refractivity contribution is -0.121. The fraction of sp³-hybridized carbons (Fsp3) is 0.0909. The van der Waals surface area contributed by atoms with Crippen LogP contribution in [0.15, 0.2) is 66.7 Å². The second-order valence-corrected chi connectivity index (χ2v) is 6.88. The number of amides is 2. The molecule has 5 nitrogen and oxygen atoms in total. The van der Waals surface area contributed by atoms with Crippen LogP contribution in [0.5, 0.6) is 5.75 Å². The van der Waals surface area contributed by atoms with Crippen LogP contribution in [-0.4, -0.2) is 18.4 Å². The van der Waals surface area contributed by atoms with Gasteiger partial charge in [-0.3, -0.25) is 9.59 Å². The Bertz CT molecular complexity index is 1100. The smallest absolute Gasteiger partial charge is 0.265 e. The minimum Gasteiger partial charge on any atom is -0.482 e. The Hall–Kier alpha value is -3.38. The maximum absolute atomic E-state index is 14.1. The number of nitrogens with one attached hydrogen (secondary N) is 1. The summed E-state index contributed by atoms with van der Waals surface area (Å²) in [6.45, 7) is -0.0729. The molecule has 1 aliphatic heterocycles. The average Bonchev–Trinajstić information content (AvgIpc) is 2.72. The average molecular weight is 411 g/mol. The lowest BCUT2D eigenvalue weighted by Crippen LogP contribution is -2.38. The number of carbonyl (C=O) groups is 2. The predicted octanol–water partition coefficient (Wildman–Crippen LogP) is 4.66. The first-order valence-corrected chi connectivity index (χ1v) is 9.27. The van der Waals surface area contributed by atoms with Crippen molar-refractivity contribution in [1.82, 2.24) is 0 Å². The highest BCUT2D eigenvalue weighted by molar-refractivity contribution is 6.34. The van der Waals surface area contributed by atoms with Crippen LogP contribution in [0.25, 0.3) is 0 Å². The van der Waals surface area contributed by atoms with E-state index in [-0.39, 0.29) is 25.0 Å². The SMILES string of the molecule is O=C(Nc1ccc2c(c1)N(Cc1ccccc1F)C(=O)CO2)c1ccccc1Cl. The van der Waals surface area contributed by atoms with Crippen molar-refractivity contribution in [1.29, 1.82) is 0 Å². The van der Waals surface area contributed by atoms with Gasteiger partial charge in [-0.05, 0) is 36.4 Å². The van der Waals surface area contributed by atoms with Crippen LogP contribution in [0.2, 0.25) is 5.02 Å². The van der Waals surface area contributed by atoms with Crippen molar-refractivity contribution in [3.8, 4) is 5.75 Å².